The van der Waals surface area contributed by atoms with E-state index in [9.17, 15) is 14.4 Å². The number of hydrogen-bond donors (Lipinski definition) is 2. The first-order chi connectivity index (χ1) is 16.5. The molecule has 178 valence electrons. The first-order valence-electron chi connectivity index (χ1n) is 10.9. The Hall–Kier alpha value is -2.76. The number of thiophene rings is 1. The van der Waals surface area contributed by atoms with Crippen LogP contribution in [0.2, 0.25) is 0 Å². The number of hydrogen-bond acceptors (Lipinski definition) is 9. The number of anilines is 2. The molecule has 0 aliphatic heterocycles. The number of amides is 2. The van der Waals surface area contributed by atoms with E-state index in [1.54, 1.807) is 42.5 Å². The van der Waals surface area contributed by atoms with Crippen LogP contribution in [0.25, 0.3) is 0 Å². The van der Waals surface area contributed by atoms with Crippen LogP contribution in [-0.4, -0.2) is 40.3 Å². The lowest BCUT2D eigenvalue weighted by atomic mass is 9.83. The Labute approximate surface area is 209 Å². The Balaban J connectivity index is 1.29. The molecule has 2 amide bonds. The highest BCUT2D eigenvalue weighted by Crippen LogP contribution is 2.44. The van der Waals surface area contributed by atoms with Crippen LogP contribution in [0.1, 0.15) is 47.8 Å². The molecule has 0 unspecified atom stereocenters. The van der Waals surface area contributed by atoms with Crippen molar-refractivity contribution in [1.29, 1.82) is 0 Å². The van der Waals surface area contributed by atoms with Gasteiger partial charge in [-0.15, -0.1) is 21.5 Å². The van der Waals surface area contributed by atoms with E-state index in [1.807, 2.05) is 17.5 Å². The van der Waals surface area contributed by atoms with Crippen molar-refractivity contribution < 1.29 is 19.1 Å². The molecule has 0 radical (unpaired) electrons. The number of carbonyl (C=O) groups is 3. The highest BCUT2D eigenvalue weighted by atomic mass is 32.2. The summed E-state index contributed by atoms with van der Waals surface area (Å²) in [5.74, 6) is -0.507. The van der Waals surface area contributed by atoms with Gasteiger partial charge in [-0.3, -0.25) is 14.9 Å². The topological polar surface area (TPSA) is 110 Å². The van der Waals surface area contributed by atoms with Gasteiger partial charge in [0.15, 0.2) is 4.34 Å². The minimum Gasteiger partial charge on any atom is -0.462 e. The van der Waals surface area contributed by atoms with Crippen molar-refractivity contribution in [1.82, 2.24) is 10.2 Å². The van der Waals surface area contributed by atoms with Crippen LogP contribution in [0.5, 0.6) is 0 Å². The van der Waals surface area contributed by atoms with Crippen LogP contribution in [0.4, 0.5) is 10.8 Å². The van der Waals surface area contributed by atoms with Crippen molar-refractivity contribution >= 4 is 63.0 Å². The Morgan fingerprint density at radius 3 is 2.53 bits per heavy atom. The van der Waals surface area contributed by atoms with Crippen molar-refractivity contribution in [3.05, 3.63) is 52.2 Å². The highest BCUT2D eigenvalue weighted by Gasteiger charge is 2.43. The Morgan fingerprint density at radius 2 is 1.85 bits per heavy atom. The van der Waals surface area contributed by atoms with Crippen LogP contribution in [-0.2, 0) is 19.7 Å². The molecule has 2 N–H and O–H groups in total. The molecule has 0 atom stereocenters. The molecule has 4 rings (SSSR count). The number of esters is 1. The molecule has 1 aromatic carbocycles. The standard InChI is InChI=1S/C23H24N4O4S3/c1-2-31-19(29)15-7-9-16(10-8-15)24-18(28)14-33-22-27-26-21(34-22)25-20(30)23(11-3-4-12-23)17-6-5-13-32-17/h5-10,13H,2-4,11-12,14H2,1H3,(H,24,28)(H,25,26,30). The molecule has 8 nitrogen and oxygen atoms in total. The Kier molecular flexibility index (Phi) is 7.96. The third-order valence-electron chi connectivity index (χ3n) is 5.52. The SMILES string of the molecule is CCOC(=O)c1ccc(NC(=O)CSc2nnc(NC(=O)C3(c4cccs4)CCCC3)s2)cc1. The minimum absolute atomic E-state index is 0.0378. The van der Waals surface area contributed by atoms with Gasteiger partial charge in [-0.25, -0.2) is 4.79 Å². The fourth-order valence-corrected chi connectivity index (χ4v) is 6.41. The van der Waals surface area contributed by atoms with Gasteiger partial charge in [-0.1, -0.05) is 42.0 Å². The molecule has 2 aromatic heterocycles. The second-order valence-electron chi connectivity index (χ2n) is 7.73. The molecule has 2 heterocycles. The molecular weight excluding hydrogens is 492 g/mol. The molecule has 0 bridgehead atoms. The van der Waals surface area contributed by atoms with E-state index in [0.29, 0.717) is 27.3 Å². The number of ether oxygens (including phenoxy) is 1. The number of rotatable bonds is 9. The summed E-state index contributed by atoms with van der Waals surface area (Å²) in [5, 5.41) is 16.3. The van der Waals surface area contributed by atoms with Crippen molar-refractivity contribution in [3.63, 3.8) is 0 Å². The van der Waals surface area contributed by atoms with Crippen molar-refractivity contribution in [3.8, 4) is 0 Å². The molecule has 1 fully saturated rings. The van der Waals surface area contributed by atoms with Gasteiger partial charge in [0.1, 0.15) is 0 Å². The quantitative estimate of drug-likeness (QED) is 0.235. The Morgan fingerprint density at radius 1 is 1.09 bits per heavy atom. The molecule has 3 aromatic rings. The number of nitrogens with one attached hydrogen (secondary N) is 2. The fraction of sp³-hybridized carbons (Fsp3) is 0.348. The van der Waals surface area contributed by atoms with Crippen LogP contribution < -0.4 is 10.6 Å². The number of thioether (sulfide) groups is 1. The molecule has 1 aliphatic carbocycles. The molecule has 34 heavy (non-hydrogen) atoms. The largest absolute Gasteiger partial charge is 0.462 e. The van der Waals surface area contributed by atoms with Gasteiger partial charge in [0.05, 0.1) is 23.3 Å². The van der Waals surface area contributed by atoms with E-state index in [1.165, 1.54) is 23.1 Å². The first kappa shape index (κ1) is 24.4. The summed E-state index contributed by atoms with van der Waals surface area (Å²) in [7, 11) is 0. The third-order valence-corrected chi connectivity index (χ3v) is 8.56. The van der Waals surface area contributed by atoms with Gasteiger partial charge < -0.3 is 10.1 Å². The lowest BCUT2D eigenvalue weighted by Gasteiger charge is -2.25. The second kappa shape index (κ2) is 11.1. The summed E-state index contributed by atoms with van der Waals surface area (Å²) in [6, 6.07) is 10.5. The molecule has 11 heteroatoms. The summed E-state index contributed by atoms with van der Waals surface area (Å²) >= 11 is 4.12. The summed E-state index contributed by atoms with van der Waals surface area (Å²) in [6.07, 6.45) is 3.73. The number of benzene rings is 1. The predicted octanol–water partition coefficient (Wildman–Crippen LogP) is 4.96. The van der Waals surface area contributed by atoms with E-state index in [4.69, 9.17) is 4.74 Å². The number of nitrogens with zero attached hydrogens (tertiary/aromatic N) is 2. The average Bonchev–Trinajstić information content (AvgIpc) is 3.60. The van der Waals surface area contributed by atoms with Gasteiger partial charge in [0.25, 0.3) is 0 Å². The molecular formula is C23H24N4O4S3. The zero-order valence-corrected chi connectivity index (χ0v) is 21.0. The van der Waals surface area contributed by atoms with Crippen LogP contribution in [0, 0.1) is 0 Å². The monoisotopic (exact) mass is 516 g/mol. The zero-order chi connectivity index (χ0) is 24.0. The van der Waals surface area contributed by atoms with Gasteiger partial charge in [-0.05, 0) is 55.5 Å². The fourth-order valence-electron chi connectivity index (χ4n) is 3.88. The van der Waals surface area contributed by atoms with Crippen molar-refractivity contribution in [2.75, 3.05) is 23.0 Å². The smallest absolute Gasteiger partial charge is 0.338 e. The van der Waals surface area contributed by atoms with E-state index in [2.05, 4.69) is 20.8 Å². The summed E-state index contributed by atoms with van der Waals surface area (Å²) in [5.41, 5.74) is 0.519. The van der Waals surface area contributed by atoms with Crippen LogP contribution >= 0.6 is 34.4 Å². The maximum atomic E-state index is 13.2. The summed E-state index contributed by atoms with van der Waals surface area (Å²) in [6.45, 7) is 2.05. The van der Waals surface area contributed by atoms with Crippen LogP contribution in [0.15, 0.2) is 46.1 Å². The maximum absolute atomic E-state index is 13.2. The molecule has 1 saturated carbocycles. The molecule has 0 saturated heterocycles. The first-order valence-corrected chi connectivity index (χ1v) is 13.6. The number of aromatic nitrogens is 2. The average molecular weight is 517 g/mol. The van der Waals surface area contributed by atoms with Gasteiger partial charge in [-0.2, -0.15) is 0 Å². The lowest BCUT2D eigenvalue weighted by molar-refractivity contribution is -0.121. The Bertz CT molecular complexity index is 1140. The van der Waals surface area contributed by atoms with Gasteiger partial charge in [0.2, 0.25) is 16.9 Å². The van der Waals surface area contributed by atoms with Crippen LogP contribution in [0.3, 0.4) is 0 Å². The van der Waals surface area contributed by atoms with Crippen molar-refractivity contribution in [2.45, 2.75) is 42.4 Å². The molecule has 1 aliphatic rings. The zero-order valence-electron chi connectivity index (χ0n) is 18.5. The van der Waals surface area contributed by atoms with E-state index in [-0.39, 0.29) is 17.6 Å². The minimum atomic E-state index is -0.490. The maximum Gasteiger partial charge on any atom is 0.338 e. The van der Waals surface area contributed by atoms with E-state index >= 15 is 0 Å². The van der Waals surface area contributed by atoms with Gasteiger partial charge in [0, 0.05) is 10.6 Å². The summed E-state index contributed by atoms with van der Waals surface area (Å²) in [4.78, 5) is 38.3. The van der Waals surface area contributed by atoms with Crippen molar-refractivity contribution in [2.24, 2.45) is 0 Å². The summed E-state index contributed by atoms with van der Waals surface area (Å²) < 4.78 is 5.55. The van der Waals surface area contributed by atoms with E-state index < -0.39 is 11.4 Å². The second-order valence-corrected chi connectivity index (χ2v) is 10.9. The highest BCUT2D eigenvalue weighted by molar-refractivity contribution is 8.01. The number of carbonyl (C=O) groups excluding carboxylic acids is 3. The molecule has 0 spiro atoms. The predicted molar refractivity (Wildman–Crippen MR) is 135 cm³/mol. The lowest BCUT2D eigenvalue weighted by Crippen LogP contribution is -2.37. The normalized spacial score (nSPS) is 14.5. The third kappa shape index (κ3) is 5.65. The van der Waals surface area contributed by atoms with E-state index in [0.717, 1.165) is 30.6 Å². The van der Waals surface area contributed by atoms with Gasteiger partial charge >= 0.3 is 5.97 Å².